The number of rotatable bonds is 4. The van der Waals surface area contributed by atoms with Crippen LogP contribution >= 0.6 is 15.9 Å². The highest BCUT2D eigenvalue weighted by atomic mass is 79.9. The molecule has 1 saturated heterocycles. The number of nitrogens with zero attached hydrogens (tertiary/aromatic N) is 1. The monoisotopic (exact) mass is 338 g/mol. The summed E-state index contributed by atoms with van der Waals surface area (Å²) in [4.78, 5) is 14.6. The Labute approximate surface area is 129 Å². The fraction of sp³-hybridized carbons (Fsp3) is 0.562. The van der Waals surface area contributed by atoms with Crippen LogP contribution in [0, 0.1) is 12.8 Å². The SMILES string of the molecule is CCN(CC1CCCNC1)C(=O)c1ccc(Br)c(C)c1. The van der Waals surface area contributed by atoms with E-state index in [2.05, 4.69) is 28.2 Å². The van der Waals surface area contributed by atoms with Crippen molar-refractivity contribution in [3.05, 3.63) is 33.8 Å². The molecule has 0 aliphatic carbocycles. The number of piperidine rings is 1. The molecule has 1 amide bonds. The van der Waals surface area contributed by atoms with E-state index < -0.39 is 0 Å². The van der Waals surface area contributed by atoms with E-state index in [0.717, 1.165) is 41.8 Å². The first-order chi connectivity index (χ1) is 9.61. The van der Waals surface area contributed by atoms with Crippen molar-refractivity contribution in [1.29, 1.82) is 0 Å². The molecule has 1 aliphatic rings. The van der Waals surface area contributed by atoms with Crippen molar-refractivity contribution in [2.45, 2.75) is 26.7 Å². The molecule has 0 aromatic heterocycles. The molecule has 1 aromatic rings. The maximum absolute atomic E-state index is 12.6. The second-order valence-corrected chi connectivity index (χ2v) is 6.37. The van der Waals surface area contributed by atoms with E-state index in [-0.39, 0.29) is 5.91 Å². The van der Waals surface area contributed by atoms with E-state index in [1.165, 1.54) is 12.8 Å². The molecule has 1 unspecified atom stereocenters. The van der Waals surface area contributed by atoms with Crippen molar-refractivity contribution in [3.8, 4) is 0 Å². The fourth-order valence-electron chi connectivity index (χ4n) is 2.71. The number of benzene rings is 1. The van der Waals surface area contributed by atoms with Gasteiger partial charge >= 0.3 is 0 Å². The average Bonchev–Trinajstić information content (AvgIpc) is 2.48. The summed E-state index contributed by atoms with van der Waals surface area (Å²) in [7, 11) is 0. The van der Waals surface area contributed by atoms with Crippen LogP contribution in [0.15, 0.2) is 22.7 Å². The highest BCUT2D eigenvalue weighted by Gasteiger charge is 2.20. The number of halogens is 1. The third-order valence-corrected chi connectivity index (χ3v) is 4.84. The highest BCUT2D eigenvalue weighted by molar-refractivity contribution is 9.10. The van der Waals surface area contributed by atoms with Crippen LogP contribution in [-0.2, 0) is 0 Å². The predicted molar refractivity (Wildman–Crippen MR) is 86.1 cm³/mol. The number of hydrogen-bond acceptors (Lipinski definition) is 2. The molecule has 0 saturated carbocycles. The lowest BCUT2D eigenvalue weighted by Gasteiger charge is -2.29. The largest absolute Gasteiger partial charge is 0.339 e. The normalized spacial score (nSPS) is 18.9. The summed E-state index contributed by atoms with van der Waals surface area (Å²) in [6.07, 6.45) is 2.43. The van der Waals surface area contributed by atoms with Crippen LogP contribution in [0.3, 0.4) is 0 Å². The van der Waals surface area contributed by atoms with Crippen LogP contribution in [0.4, 0.5) is 0 Å². The first-order valence-corrected chi connectivity index (χ1v) is 8.17. The van der Waals surface area contributed by atoms with E-state index >= 15 is 0 Å². The molecule has 0 bridgehead atoms. The molecule has 1 atom stereocenters. The molecule has 1 fully saturated rings. The fourth-order valence-corrected chi connectivity index (χ4v) is 2.95. The summed E-state index contributed by atoms with van der Waals surface area (Å²) in [5, 5.41) is 3.42. The van der Waals surface area contributed by atoms with E-state index in [1.807, 2.05) is 30.0 Å². The summed E-state index contributed by atoms with van der Waals surface area (Å²) in [6, 6.07) is 5.83. The van der Waals surface area contributed by atoms with Crippen LogP contribution in [0.5, 0.6) is 0 Å². The van der Waals surface area contributed by atoms with Crippen molar-refractivity contribution < 1.29 is 4.79 Å². The van der Waals surface area contributed by atoms with Gasteiger partial charge in [0, 0.05) is 23.1 Å². The molecule has 20 heavy (non-hydrogen) atoms. The summed E-state index contributed by atoms with van der Waals surface area (Å²) in [5.41, 5.74) is 1.89. The number of nitrogens with one attached hydrogen (secondary N) is 1. The molecule has 4 heteroatoms. The Hall–Kier alpha value is -0.870. The lowest BCUT2D eigenvalue weighted by molar-refractivity contribution is 0.0729. The van der Waals surface area contributed by atoms with E-state index in [0.29, 0.717) is 5.92 Å². The van der Waals surface area contributed by atoms with Gasteiger partial charge in [-0.15, -0.1) is 0 Å². The molecular weight excluding hydrogens is 316 g/mol. The Morgan fingerprint density at radius 1 is 1.50 bits per heavy atom. The van der Waals surface area contributed by atoms with Gasteiger partial charge < -0.3 is 10.2 Å². The van der Waals surface area contributed by atoms with Gasteiger partial charge in [0.25, 0.3) is 5.91 Å². The number of aryl methyl sites for hydroxylation is 1. The minimum atomic E-state index is 0.147. The van der Waals surface area contributed by atoms with Gasteiger partial charge in [0.15, 0.2) is 0 Å². The van der Waals surface area contributed by atoms with Gasteiger partial charge in [0.05, 0.1) is 0 Å². The zero-order valence-corrected chi connectivity index (χ0v) is 13.9. The van der Waals surface area contributed by atoms with Crippen molar-refractivity contribution in [3.63, 3.8) is 0 Å². The third kappa shape index (κ3) is 3.83. The molecule has 1 N–H and O–H groups in total. The molecular formula is C16H23BrN2O. The van der Waals surface area contributed by atoms with Crippen molar-refractivity contribution in [2.75, 3.05) is 26.2 Å². The van der Waals surface area contributed by atoms with Gasteiger partial charge in [-0.25, -0.2) is 0 Å². The van der Waals surface area contributed by atoms with Gasteiger partial charge in [-0.05, 0) is 69.5 Å². The summed E-state index contributed by atoms with van der Waals surface area (Å²) in [6.45, 7) is 7.84. The number of amides is 1. The Kier molecular flexibility index (Phi) is 5.61. The quantitative estimate of drug-likeness (QED) is 0.914. The van der Waals surface area contributed by atoms with Gasteiger partial charge in [-0.3, -0.25) is 4.79 Å². The van der Waals surface area contributed by atoms with Gasteiger partial charge in [0.2, 0.25) is 0 Å². The molecule has 2 rings (SSSR count). The maximum atomic E-state index is 12.6. The van der Waals surface area contributed by atoms with Crippen LogP contribution in [-0.4, -0.2) is 37.0 Å². The Morgan fingerprint density at radius 3 is 2.90 bits per heavy atom. The molecule has 3 nitrogen and oxygen atoms in total. The second-order valence-electron chi connectivity index (χ2n) is 5.52. The zero-order valence-electron chi connectivity index (χ0n) is 12.3. The predicted octanol–water partition coefficient (Wildman–Crippen LogP) is 3.22. The average molecular weight is 339 g/mol. The smallest absolute Gasteiger partial charge is 0.253 e. The van der Waals surface area contributed by atoms with Crippen LogP contribution < -0.4 is 5.32 Å². The third-order valence-electron chi connectivity index (χ3n) is 3.95. The molecule has 0 radical (unpaired) electrons. The summed E-state index contributed by atoms with van der Waals surface area (Å²) >= 11 is 3.48. The summed E-state index contributed by atoms with van der Waals surface area (Å²) in [5.74, 6) is 0.734. The number of hydrogen-bond donors (Lipinski definition) is 1. The van der Waals surface area contributed by atoms with Crippen molar-refractivity contribution >= 4 is 21.8 Å². The van der Waals surface area contributed by atoms with Gasteiger partial charge in [0.1, 0.15) is 0 Å². The minimum absolute atomic E-state index is 0.147. The molecule has 110 valence electrons. The first-order valence-electron chi connectivity index (χ1n) is 7.38. The highest BCUT2D eigenvalue weighted by Crippen LogP contribution is 2.19. The zero-order chi connectivity index (χ0) is 14.5. The second kappa shape index (κ2) is 7.23. The molecule has 1 aliphatic heterocycles. The topological polar surface area (TPSA) is 32.3 Å². The summed E-state index contributed by atoms with van der Waals surface area (Å²) < 4.78 is 1.05. The minimum Gasteiger partial charge on any atom is -0.339 e. The Morgan fingerprint density at radius 2 is 2.30 bits per heavy atom. The van der Waals surface area contributed by atoms with E-state index in [1.54, 1.807) is 0 Å². The Bertz CT molecular complexity index is 470. The van der Waals surface area contributed by atoms with Crippen LogP contribution in [0.25, 0.3) is 0 Å². The van der Waals surface area contributed by atoms with Crippen LogP contribution in [0.1, 0.15) is 35.7 Å². The number of carbonyl (C=O) groups is 1. The van der Waals surface area contributed by atoms with Crippen molar-refractivity contribution in [1.82, 2.24) is 10.2 Å². The molecule has 1 heterocycles. The van der Waals surface area contributed by atoms with E-state index in [4.69, 9.17) is 0 Å². The van der Waals surface area contributed by atoms with E-state index in [9.17, 15) is 4.79 Å². The standard InChI is InChI=1S/C16H23BrN2O/c1-3-19(11-13-5-4-8-18-10-13)16(20)14-6-7-15(17)12(2)9-14/h6-7,9,13,18H,3-5,8,10-11H2,1-2H3. The van der Waals surface area contributed by atoms with Crippen LogP contribution in [0.2, 0.25) is 0 Å². The first kappa shape index (κ1) is 15.5. The molecule has 1 aromatic carbocycles. The van der Waals surface area contributed by atoms with Gasteiger partial charge in [-0.2, -0.15) is 0 Å². The molecule has 0 spiro atoms. The van der Waals surface area contributed by atoms with Crippen molar-refractivity contribution in [2.24, 2.45) is 5.92 Å². The lowest BCUT2D eigenvalue weighted by Crippen LogP contribution is -2.41. The number of carbonyl (C=O) groups excluding carboxylic acids is 1. The Balaban J connectivity index is 2.05. The van der Waals surface area contributed by atoms with Gasteiger partial charge in [-0.1, -0.05) is 15.9 Å². The lowest BCUT2D eigenvalue weighted by atomic mass is 9.98. The maximum Gasteiger partial charge on any atom is 0.253 e.